The average Bonchev–Trinajstić information content (AvgIpc) is 2.35. The molecule has 0 aliphatic carbocycles. The molecule has 0 bridgehead atoms. The van der Waals surface area contributed by atoms with Gasteiger partial charge in [-0.2, -0.15) is 11.8 Å². The molecule has 1 rings (SSSR count). The van der Waals surface area contributed by atoms with Crippen LogP contribution in [0.4, 0.5) is 4.39 Å². The predicted octanol–water partition coefficient (Wildman–Crippen LogP) is 3.19. The summed E-state index contributed by atoms with van der Waals surface area (Å²) in [6, 6.07) is 4.59. The van der Waals surface area contributed by atoms with Gasteiger partial charge in [0.1, 0.15) is 5.82 Å². The molecule has 0 saturated heterocycles. The third-order valence-corrected chi connectivity index (χ3v) is 3.42. The number of rotatable bonds is 8. The van der Waals surface area contributed by atoms with Gasteiger partial charge in [-0.3, -0.25) is 0 Å². The largest absolute Gasteiger partial charge is 0.478 e. The van der Waals surface area contributed by atoms with Gasteiger partial charge in [0.25, 0.3) is 0 Å². The average molecular weight is 284 g/mol. The Morgan fingerprint density at radius 3 is 2.95 bits per heavy atom. The summed E-state index contributed by atoms with van der Waals surface area (Å²) in [6.07, 6.45) is 3.36. The van der Waals surface area contributed by atoms with Crippen LogP contribution >= 0.6 is 11.8 Å². The third kappa shape index (κ3) is 6.98. The maximum Gasteiger partial charge on any atom is 0.328 e. The van der Waals surface area contributed by atoms with Crippen molar-refractivity contribution in [3.8, 4) is 0 Å². The van der Waals surface area contributed by atoms with Crippen LogP contribution in [0.3, 0.4) is 0 Å². The topological polar surface area (TPSA) is 46.5 Å². The van der Waals surface area contributed by atoms with E-state index in [4.69, 9.17) is 9.84 Å². The van der Waals surface area contributed by atoms with E-state index in [0.717, 1.165) is 30.4 Å². The van der Waals surface area contributed by atoms with Crippen molar-refractivity contribution < 1.29 is 19.0 Å². The Kier molecular flexibility index (Phi) is 7.22. The normalized spacial score (nSPS) is 11.1. The van der Waals surface area contributed by atoms with Crippen LogP contribution in [-0.4, -0.2) is 30.5 Å². The van der Waals surface area contributed by atoms with Gasteiger partial charge < -0.3 is 9.84 Å². The first-order valence-electron chi connectivity index (χ1n) is 5.89. The Hall–Kier alpha value is -1.33. The molecule has 19 heavy (non-hydrogen) atoms. The molecule has 0 radical (unpaired) electrons. The lowest BCUT2D eigenvalue weighted by molar-refractivity contribution is -0.131. The van der Waals surface area contributed by atoms with Crippen LogP contribution < -0.4 is 0 Å². The molecule has 0 aromatic heterocycles. The third-order valence-electron chi connectivity index (χ3n) is 2.30. The van der Waals surface area contributed by atoms with Crippen molar-refractivity contribution in [2.45, 2.75) is 12.2 Å². The Balaban J connectivity index is 2.56. The summed E-state index contributed by atoms with van der Waals surface area (Å²) < 4.78 is 18.3. The standard InChI is InChI=1S/C14H17FO3S/c1-18-5-2-6-19-10-12-7-11(3-4-14(16)17)8-13(15)9-12/h3-4,7-9H,2,5-6,10H2,1H3,(H,16,17). The SMILES string of the molecule is COCCCSCc1cc(F)cc(C=CC(=O)O)c1. The molecule has 0 fully saturated rings. The lowest BCUT2D eigenvalue weighted by atomic mass is 10.1. The summed E-state index contributed by atoms with van der Waals surface area (Å²) in [7, 11) is 1.66. The minimum atomic E-state index is -1.04. The number of aliphatic carboxylic acids is 1. The van der Waals surface area contributed by atoms with Gasteiger partial charge >= 0.3 is 5.97 Å². The Morgan fingerprint density at radius 1 is 1.47 bits per heavy atom. The molecule has 0 atom stereocenters. The number of carbonyl (C=O) groups is 1. The number of halogens is 1. The molecule has 104 valence electrons. The second-order valence-electron chi connectivity index (χ2n) is 3.96. The summed E-state index contributed by atoms with van der Waals surface area (Å²) in [6.45, 7) is 0.725. The van der Waals surface area contributed by atoms with Gasteiger partial charge in [0.05, 0.1) is 0 Å². The lowest BCUT2D eigenvalue weighted by Crippen LogP contribution is -1.92. The van der Waals surface area contributed by atoms with Crippen molar-refractivity contribution in [1.82, 2.24) is 0 Å². The molecule has 0 aliphatic rings. The molecule has 0 heterocycles. The van der Waals surface area contributed by atoms with Crippen LogP contribution in [0.25, 0.3) is 6.08 Å². The number of ether oxygens (including phenoxy) is 1. The first-order chi connectivity index (χ1) is 9.11. The number of benzene rings is 1. The van der Waals surface area contributed by atoms with Gasteiger partial charge in [-0.15, -0.1) is 0 Å². The molecule has 3 nitrogen and oxygen atoms in total. The number of hydrogen-bond donors (Lipinski definition) is 1. The number of hydrogen-bond acceptors (Lipinski definition) is 3. The Bertz CT molecular complexity index is 446. The van der Waals surface area contributed by atoms with E-state index in [0.29, 0.717) is 11.3 Å². The van der Waals surface area contributed by atoms with Crippen molar-refractivity contribution in [3.05, 3.63) is 41.2 Å². The van der Waals surface area contributed by atoms with E-state index in [1.807, 2.05) is 0 Å². The highest BCUT2D eigenvalue weighted by Crippen LogP contribution is 2.17. The predicted molar refractivity (Wildman–Crippen MR) is 75.7 cm³/mol. The fourth-order valence-corrected chi connectivity index (χ4v) is 2.39. The number of thioether (sulfide) groups is 1. The highest BCUT2D eigenvalue weighted by atomic mass is 32.2. The van der Waals surface area contributed by atoms with E-state index in [-0.39, 0.29) is 5.82 Å². The molecule has 0 amide bonds. The molecule has 1 aromatic rings. The minimum Gasteiger partial charge on any atom is -0.478 e. The summed E-state index contributed by atoms with van der Waals surface area (Å²) >= 11 is 1.70. The van der Waals surface area contributed by atoms with E-state index in [2.05, 4.69) is 0 Å². The van der Waals surface area contributed by atoms with Crippen LogP contribution in [0.2, 0.25) is 0 Å². The highest BCUT2D eigenvalue weighted by molar-refractivity contribution is 7.98. The zero-order valence-corrected chi connectivity index (χ0v) is 11.6. The van der Waals surface area contributed by atoms with Crippen molar-refractivity contribution in [2.24, 2.45) is 0 Å². The van der Waals surface area contributed by atoms with E-state index >= 15 is 0 Å². The first kappa shape index (κ1) is 15.7. The van der Waals surface area contributed by atoms with Gasteiger partial charge in [-0.05, 0) is 41.5 Å². The van der Waals surface area contributed by atoms with Crippen molar-refractivity contribution in [2.75, 3.05) is 19.5 Å². The summed E-state index contributed by atoms with van der Waals surface area (Å²) in [5, 5.41) is 8.54. The summed E-state index contributed by atoms with van der Waals surface area (Å²) in [4.78, 5) is 10.4. The van der Waals surface area contributed by atoms with Gasteiger partial charge in [-0.1, -0.05) is 6.07 Å². The van der Waals surface area contributed by atoms with E-state index in [9.17, 15) is 9.18 Å². The molecule has 1 aromatic carbocycles. The molecular weight excluding hydrogens is 267 g/mol. The molecule has 1 N–H and O–H groups in total. The molecule has 0 spiro atoms. The molecular formula is C14H17FO3S. The van der Waals surface area contributed by atoms with E-state index in [1.165, 1.54) is 18.2 Å². The van der Waals surface area contributed by atoms with Crippen LogP contribution in [0, 0.1) is 5.82 Å². The first-order valence-corrected chi connectivity index (χ1v) is 7.04. The highest BCUT2D eigenvalue weighted by Gasteiger charge is 2.00. The fraction of sp³-hybridized carbons (Fsp3) is 0.357. The quantitative estimate of drug-likeness (QED) is 0.588. The van der Waals surface area contributed by atoms with Crippen molar-refractivity contribution in [3.63, 3.8) is 0 Å². The zero-order chi connectivity index (χ0) is 14.1. The second kappa shape index (κ2) is 8.72. The second-order valence-corrected chi connectivity index (χ2v) is 5.07. The van der Waals surface area contributed by atoms with Crippen LogP contribution in [-0.2, 0) is 15.3 Å². The van der Waals surface area contributed by atoms with Crippen LogP contribution in [0.1, 0.15) is 17.5 Å². The fourth-order valence-electron chi connectivity index (χ4n) is 1.52. The molecule has 0 aliphatic heterocycles. The minimum absolute atomic E-state index is 0.347. The van der Waals surface area contributed by atoms with E-state index < -0.39 is 5.97 Å². The molecule has 5 heteroatoms. The van der Waals surface area contributed by atoms with Crippen molar-refractivity contribution in [1.29, 1.82) is 0 Å². The number of carboxylic acids is 1. The maximum atomic E-state index is 13.4. The van der Waals surface area contributed by atoms with Crippen molar-refractivity contribution >= 4 is 23.8 Å². The number of carboxylic acid groups (broad SMARTS) is 1. The Morgan fingerprint density at radius 2 is 2.26 bits per heavy atom. The molecule has 0 saturated carbocycles. The molecule has 0 unspecified atom stereocenters. The van der Waals surface area contributed by atoms with Gasteiger partial charge in [-0.25, -0.2) is 9.18 Å². The van der Waals surface area contributed by atoms with E-state index in [1.54, 1.807) is 24.9 Å². The van der Waals surface area contributed by atoms with Gasteiger partial charge in [0.15, 0.2) is 0 Å². The summed E-state index contributed by atoms with van der Waals surface area (Å²) in [5.74, 6) is 0.264. The monoisotopic (exact) mass is 284 g/mol. The summed E-state index contributed by atoms with van der Waals surface area (Å²) in [5.41, 5.74) is 1.42. The van der Waals surface area contributed by atoms with Crippen LogP contribution in [0.5, 0.6) is 0 Å². The lowest BCUT2D eigenvalue weighted by Gasteiger charge is -2.04. The van der Waals surface area contributed by atoms with Crippen LogP contribution in [0.15, 0.2) is 24.3 Å². The Labute approximate surface area is 116 Å². The van der Waals surface area contributed by atoms with Gasteiger partial charge in [0.2, 0.25) is 0 Å². The number of methoxy groups -OCH3 is 1. The smallest absolute Gasteiger partial charge is 0.328 e. The maximum absolute atomic E-state index is 13.4. The zero-order valence-electron chi connectivity index (χ0n) is 10.8. The van der Waals surface area contributed by atoms with Gasteiger partial charge in [0, 0.05) is 25.5 Å².